The van der Waals surface area contributed by atoms with Gasteiger partial charge in [-0.05, 0) is 38.5 Å². The van der Waals surface area contributed by atoms with Gasteiger partial charge >= 0.3 is 0 Å². The molecular weight excluding hydrogens is 308 g/mol. The molecular formula is C19H34O3S. The molecule has 0 aliphatic heterocycles. The van der Waals surface area contributed by atoms with E-state index < -0.39 is 10.1 Å². The summed E-state index contributed by atoms with van der Waals surface area (Å²) in [7, 11) is -3.26. The summed E-state index contributed by atoms with van der Waals surface area (Å²) in [5, 5.41) is 0. The lowest BCUT2D eigenvalue weighted by Gasteiger charge is -2.01. The maximum atomic E-state index is 10.8. The first kappa shape index (κ1) is 22.1. The minimum absolute atomic E-state index is 0.323. The van der Waals surface area contributed by atoms with Crippen LogP contribution in [-0.4, -0.2) is 21.3 Å². The van der Waals surface area contributed by atoms with Crippen molar-refractivity contribution in [3.63, 3.8) is 0 Å². The van der Waals surface area contributed by atoms with Crippen molar-refractivity contribution in [1.82, 2.24) is 0 Å². The molecule has 0 atom stereocenters. The summed E-state index contributed by atoms with van der Waals surface area (Å²) in [5.74, 6) is 0. The monoisotopic (exact) mass is 342 g/mol. The van der Waals surface area contributed by atoms with Gasteiger partial charge in [-0.2, -0.15) is 8.42 Å². The van der Waals surface area contributed by atoms with E-state index in [-0.39, 0.29) is 0 Å². The summed E-state index contributed by atoms with van der Waals surface area (Å²) < 4.78 is 26.2. The molecule has 0 bridgehead atoms. The molecule has 0 rings (SSSR count). The Hall–Kier alpha value is -0.870. The van der Waals surface area contributed by atoms with Gasteiger partial charge in [0.25, 0.3) is 10.1 Å². The molecule has 0 radical (unpaired) electrons. The minimum Gasteiger partial charge on any atom is -0.270 e. The molecule has 0 N–H and O–H groups in total. The van der Waals surface area contributed by atoms with E-state index in [1.165, 1.54) is 19.3 Å². The molecule has 134 valence electrons. The van der Waals surface area contributed by atoms with Crippen LogP contribution in [0.4, 0.5) is 0 Å². The lowest BCUT2D eigenvalue weighted by molar-refractivity contribution is 0.309. The van der Waals surface area contributed by atoms with Gasteiger partial charge < -0.3 is 0 Å². The Morgan fingerprint density at radius 2 is 1.26 bits per heavy atom. The fourth-order valence-electron chi connectivity index (χ4n) is 2.11. The molecule has 0 aliphatic carbocycles. The van der Waals surface area contributed by atoms with Crippen molar-refractivity contribution in [2.75, 3.05) is 12.9 Å². The zero-order valence-corrected chi connectivity index (χ0v) is 15.7. The molecule has 3 nitrogen and oxygen atoms in total. The summed E-state index contributed by atoms with van der Waals surface area (Å²) in [5.41, 5.74) is 0. The molecule has 0 saturated heterocycles. The summed E-state index contributed by atoms with van der Waals surface area (Å²) in [6.07, 6.45) is 25.5. The third kappa shape index (κ3) is 21.1. The van der Waals surface area contributed by atoms with Gasteiger partial charge in [0.05, 0.1) is 12.9 Å². The minimum atomic E-state index is -3.26. The van der Waals surface area contributed by atoms with E-state index in [4.69, 9.17) is 4.18 Å². The highest BCUT2D eigenvalue weighted by molar-refractivity contribution is 7.85. The van der Waals surface area contributed by atoms with Crippen LogP contribution in [0.2, 0.25) is 0 Å². The molecule has 0 heterocycles. The summed E-state index contributed by atoms with van der Waals surface area (Å²) >= 11 is 0. The van der Waals surface area contributed by atoms with Crippen LogP contribution in [0.1, 0.15) is 71.1 Å². The maximum Gasteiger partial charge on any atom is 0.264 e. The zero-order valence-electron chi connectivity index (χ0n) is 14.9. The largest absolute Gasteiger partial charge is 0.270 e. The van der Waals surface area contributed by atoms with Gasteiger partial charge in [0, 0.05) is 0 Å². The van der Waals surface area contributed by atoms with Gasteiger partial charge in [-0.25, -0.2) is 0 Å². The molecule has 0 aromatic rings. The maximum absolute atomic E-state index is 10.8. The third-order valence-corrected chi connectivity index (χ3v) is 3.94. The highest BCUT2D eigenvalue weighted by Crippen LogP contribution is 2.08. The lowest BCUT2D eigenvalue weighted by Crippen LogP contribution is -2.03. The van der Waals surface area contributed by atoms with Gasteiger partial charge in [-0.1, -0.05) is 69.1 Å². The van der Waals surface area contributed by atoms with Crippen molar-refractivity contribution in [3.8, 4) is 0 Å². The quantitative estimate of drug-likeness (QED) is 0.222. The summed E-state index contributed by atoms with van der Waals surface area (Å²) in [6.45, 7) is 2.47. The highest BCUT2D eigenvalue weighted by Gasteiger charge is 1.99. The van der Waals surface area contributed by atoms with Gasteiger partial charge in [-0.3, -0.25) is 4.18 Å². The number of unbranched alkanes of at least 4 members (excludes halogenated alkanes) is 6. The number of hydrogen-bond acceptors (Lipinski definition) is 3. The second-order valence-electron chi connectivity index (χ2n) is 5.73. The van der Waals surface area contributed by atoms with E-state index in [1.54, 1.807) is 0 Å². The van der Waals surface area contributed by atoms with Crippen LogP contribution in [0, 0.1) is 0 Å². The lowest BCUT2D eigenvalue weighted by atomic mass is 10.1. The Morgan fingerprint density at radius 1 is 0.739 bits per heavy atom. The Morgan fingerprint density at radius 3 is 1.87 bits per heavy atom. The van der Waals surface area contributed by atoms with Gasteiger partial charge in [0.15, 0.2) is 0 Å². The Kier molecular flexibility index (Phi) is 15.4. The first-order chi connectivity index (χ1) is 11.1. The third-order valence-electron chi connectivity index (χ3n) is 3.34. The molecule has 0 unspecified atom stereocenters. The SMILES string of the molecule is CCC=CCC=CCC=CCCCCCCCCOS(C)(=O)=O. The predicted molar refractivity (Wildman–Crippen MR) is 100 cm³/mol. The van der Waals surface area contributed by atoms with E-state index >= 15 is 0 Å². The summed E-state index contributed by atoms with van der Waals surface area (Å²) in [6, 6.07) is 0. The van der Waals surface area contributed by atoms with E-state index in [0.717, 1.165) is 51.2 Å². The van der Waals surface area contributed by atoms with Gasteiger partial charge in [-0.15, -0.1) is 0 Å². The van der Waals surface area contributed by atoms with E-state index in [1.807, 2.05) is 0 Å². The van der Waals surface area contributed by atoms with Crippen LogP contribution in [0.25, 0.3) is 0 Å². The molecule has 0 aromatic carbocycles. The van der Waals surface area contributed by atoms with Gasteiger partial charge in [0.2, 0.25) is 0 Å². The van der Waals surface area contributed by atoms with E-state index in [9.17, 15) is 8.42 Å². The topological polar surface area (TPSA) is 43.4 Å². The van der Waals surface area contributed by atoms with E-state index in [0.29, 0.717) is 6.61 Å². The molecule has 0 aliphatic rings. The van der Waals surface area contributed by atoms with E-state index in [2.05, 4.69) is 43.4 Å². The normalized spacial score (nSPS) is 13.0. The smallest absolute Gasteiger partial charge is 0.264 e. The van der Waals surface area contributed by atoms with Crippen molar-refractivity contribution in [2.24, 2.45) is 0 Å². The molecule has 0 aromatic heterocycles. The second kappa shape index (κ2) is 16.0. The van der Waals surface area contributed by atoms with Crippen LogP contribution >= 0.6 is 0 Å². The number of allylic oxidation sites excluding steroid dienone is 6. The van der Waals surface area contributed by atoms with Crippen LogP contribution in [-0.2, 0) is 14.3 Å². The van der Waals surface area contributed by atoms with Crippen molar-refractivity contribution >= 4 is 10.1 Å². The standard InChI is InChI=1S/C19H34O3S/c1-3-4-5-6-7-8-9-10-11-12-13-14-15-16-17-18-19-22-23(2,20)21/h4-5,7-8,10-11H,3,6,9,12-19H2,1-2H3. The second-order valence-corrected chi connectivity index (χ2v) is 7.37. The number of hydrogen-bond donors (Lipinski definition) is 0. The highest BCUT2D eigenvalue weighted by atomic mass is 32.2. The van der Waals surface area contributed by atoms with Gasteiger partial charge in [0.1, 0.15) is 0 Å². The number of rotatable bonds is 15. The average molecular weight is 343 g/mol. The van der Waals surface area contributed by atoms with Crippen molar-refractivity contribution in [2.45, 2.75) is 71.1 Å². The molecule has 4 heteroatoms. The Balaban J connectivity index is 3.26. The Bertz CT molecular complexity index is 434. The van der Waals surface area contributed by atoms with Crippen molar-refractivity contribution < 1.29 is 12.6 Å². The predicted octanol–water partition coefficient (Wildman–Crippen LogP) is 5.55. The first-order valence-corrected chi connectivity index (χ1v) is 10.7. The van der Waals surface area contributed by atoms with Crippen LogP contribution in [0.15, 0.2) is 36.5 Å². The van der Waals surface area contributed by atoms with Crippen LogP contribution < -0.4 is 0 Å². The zero-order chi connectivity index (χ0) is 17.2. The first-order valence-electron chi connectivity index (χ1n) is 8.85. The average Bonchev–Trinajstić information content (AvgIpc) is 2.49. The molecule has 0 amide bonds. The Labute approximate surface area is 143 Å². The van der Waals surface area contributed by atoms with Crippen molar-refractivity contribution in [3.05, 3.63) is 36.5 Å². The molecule has 23 heavy (non-hydrogen) atoms. The molecule has 0 spiro atoms. The fourth-order valence-corrected chi connectivity index (χ4v) is 2.53. The van der Waals surface area contributed by atoms with Crippen LogP contribution in [0.5, 0.6) is 0 Å². The fraction of sp³-hybridized carbons (Fsp3) is 0.684. The molecule has 0 saturated carbocycles. The van der Waals surface area contributed by atoms with Crippen LogP contribution in [0.3, 0.4) is 0 Å². The molecule has 0 fully saturated rings. The summed E-state index contributed by atoms with van der Waals surface area (Å²) in [4.78, 5) is 0. The van der Waals surface area contributed by atoms with Crippen molar-refractivity contribution in [1.29, 1.82) is 0 Å².